The fourth-order valence-electron chi connectivity index (χ4n) is 4.35. The van der Waals surface area contributed by atoms with E-state index < -0.39 is 11.9 Å². The highest BCUT2D eigenvalue weighted by molar-refractivity contribution is 6.71. The molecule has 0 fully saturated rings. The van der Waals surface area contributed by atoms with E-state index in [-0.39, 0.29) is 29.8 Å². The molecule has 0 aromatic heterocycles. The van der Waals surface area contributed by atoms with Crippen molar-refractivity contribution in [1.82, 2.24) is 4.90 Å². The van der Waals surface area contributed by atoms with Gasteiger partial charge in [-0.25, -0.2) is 0 Å². The molecule has 3 N–H and O–H groups in total. The first-order valence-electron chi connectivity index (χ1n) is 12.7. The summed E-state index contributed by atoms with van der Waals surface area (Å²) in [5, 5.41) is 29.9. The molecule has 10 nitrogen and oxygen atoms in total. The number of aromatic hydroxyl groups is 1. The fourth-order valence-corrected chi connectivity index (χ4v) is 4.35. The van der Waals surface area contributed by atoms with E-state index in [2.05, 4.69) is 15.6 Å². The normalized spacial score (nSPS) is 14.7. The van der Waals surface area contributed by atoms with Gasteiger partial charge in [-0.2, -0.15) is 15.2 Å². The number of hydrazone groups is 2. The number of hydrogen-bond donors (Lipinski definition) is 3. The summed E-state index contributed by atoms with van der Waals surface area (Å²) >= 11 is 0. The zero-order valence-corrected chi connectivity index (χ0v) is 23.0. The number of carboxylic acids is 1. The van der Waals surface area contributed by atoms with Crippen molar-refractivity contribution >= 4 is 40.6 Å². The Bertz CT molecular complexity index is 1540. The molecule has 1 aliphatic rings. The van der Waals surface area contributed by atoms with Crippen molar-refractivity contribution in [2.75, 3.05) is 24.0 Å². The highest BCUT2D eigenvalue weighted by Crippen LogP contribution is 2.36. The smallest absolute Gasteiger partial charge is 0.323 e. The Morgan fingerprint density at radius 2 is 1.75 bits per heavy atom. The van der Waals surface area contributed by atoms with Crippen LogP contribution in [-0.2, 0) is 14.4 Å². The van der Waals surface area contributed by atoms with E-state index in [0.717, 1.165) is 11.1 Å². The van der Waals surface area contributed by atoms with Crippen LogP contribution in [0.3, 0.4) is 0 Å². The third kappa shape index (κ3) is 5.70. The molecule has 206 valence electrons. The number of nitrogens with one attached hydrogen (secondary N) is 1. The van der Waals surface area contributed by atoms with Crippen molar-refractivity contribution in [3.63, 3.8) is 0 Å². The van der Waals surface area contributed by atoms with Gasteiger partial charge >= 0.3 is 11.9 Å². The maximum atomic E-state index is 13.1. The second-order valence-corrected chi connectivity index (χ2v) is 9.78. The van der Waals surface area contributed by atoms with Crippen molar-refractivity contribution in [3.05, 3.63) is 77.4 Å². The van der Waals surface area contributed by atoms with E-state index in [4.69, 9.17) is 5.11 Å². The Labute approximate surface area is 232 Å². The van der Waals surface area contributed by atoms with Crippen molar-refractivity contribution in [3.8, 4) is 16.9 Å². The minimum absolute atomic E-state index is 0.0593. The zero-order valence-electron chi connectivity index (χ0n) is 23.0. The lowest BCUT2D eigenvalue weighted by Gasteiger charge is -2.20. The van der Waals surface area contributed by atoms with Crippen LogP contribution >= 0.6 is 0 Å². The molecule has 1 atom stereocenters. The van der Waals surface area contributed by atoms with Gasteiger partial charge in [-0.05, 0) is 68.1 Å². The van der Waals surface area contributed by atoms with Gasteiger partial charge < -0.3 is 15.1 Å². The van der Waals surface area contributed by atoms with E-state index in [1.165, 1.54) is 17.0 Å². The summed E-state index contributed by atoms with van der Waals surface area (Å²) in [6, 6.07) is 17.9. The zero-order chi connectivity index (χ0) is 29.1. The van der Waals surface area contributed by atoms with Crippen LogP contribution in [0.2, 0.25) is 0 Å². The van der Waals surface area contributed by atoms with Crippen molar-refractivity contribution in [2.45, 2.75) is 33.6 Å². The number of anilines is 2. The van der Waals surface area contributed by atoms with Gasteiger partial charge in [0.05, 0.1) is 23.0 Å². The van der Waals surface area contributed by atoms with Gasteiger partial charge in [0.25, 0.3) is 0 Å². The number of hydrogen-bond acceptors (Lipinski definition) is 7. The predicted octanol–water partition coefficient (Wildman–Crippen LogP) is 4.51. The van der Waals surface area contributed by atoms with E-state index >= 15 is 0 Å². The monoisotopic (exact) mass is 541 g/mol. The third-order valence-electron chi connectivity index (χ3n) is 6.89. The summed E-state index contributed by atoms with van der Waals surface area (Å²) in [6.45, 7) is 7.00. The predicted molar refractivity (Wildman–Crippen MR) is 155 cm³/mol. The Morgan fingerprint density at radius 1 is 1.05 bits per heavy atom. The number of benzene rings is 3. The standard InChI is InChI=1S/C30H31N5O5/c1-17-9-14-23(15-18(17)2)35-30(40)27(20(4)33-35)32-31-25-8-6-7-24(28(25)38)22-12-10-21(11-13-22)19(3)29(39)34(5)16-26(36)37/h6-15,19,31,38H,16H2,1-5H3,(H,36,37). The van der Waals surface area contributed by atoms with Crippen LogP contribution in [0.5, 0.6) is 5.75 Å². The third-order valence-corrected chi connectivity index (χ3v) is 6.89. The van der Waals surface area contributed by atoms with Gasteiger partial charge in [0, 0.05) is 12.6 Å². The first-order valence-corrected chi connectivity index (χ1v) is 12.7. The minimum Gasteiger partial charge on any atom is -0.505 e. The molecule has 1 aliphatic heterocycles. The first kappa shape index (κ1) is 28.0. The second-order valence-electron chi connectivity index (χ2n) is 9.78. The number of carboxylic acid groups (broad SMARTS) is 1. The van der Waals surface area contributed by atoms with Crippen LogP contribution in [0.25, 0.3) is 11.1 Å². The van der Waals surface area contributed by atoms with Crippen molar-refractivity contribution < 1.29 is 24.6 Å². The number of aliphatic carboxylic acids is 1. The SMILES string of the molecule is CC1=NN(c2ccc(C)c(C)c2)C(=O)C1=NNc1cccc(-c2ccc(C(C)C(=O)N(C)CC(=O)O)cc2)c1O. The topological polar surface area (TPSA) is 135 Å². The van der Waals surface area contributed by atoms with Gasteiger partial charge in [-0.15, -0.1) is 0 Å². The first-order chi connectivity index (χ1) is 19.0. The highest BCUT2D eigenvalue weighted by Gasteiger charge is 2.31. The van der Waals surface area contributed by atoms with Crippen LogP contribution in [0.1, 0.15) is 36.5 Å². The van der Waals surface area contributed by atoms with Gasteiger partial charge in [0.2, 0.25) is 5.91 Å². The van der Waals surface area contributed by atoms with Crippen LogP contribution in [0.15, 0.2) is 70.9 Å². The lowest BCUT2D eigenvalue weighted by Crippen LogP contribution is -2.34. The highest BCUT2D eigenvalue weighted by atomic mass is 16.4. The van der Waals surface area contributed by atoms with Gasteiger partial charge in [-0.3, -0.25) is 19.8 Å². The maximum absolute atomic E-state index is 13.1. The molecule has 0 saturated heterocycles. The van der Waals surface area contributed by atoms with E-state index in [1.807, 2.05) is 32.0 Å². The number of likely N-dealkylation sites (N-methyl/N-ethyl adjacent to an activating group) is 1. The molecule has 10 heteroatoms. The van der Waals surface area contributed by atoms with Gasteiger partial charge in [-0.1, -0.05) is 42.5 Å². The lowest BCUT2D eigenvalue weighted by molar-refractivity contribution is -0.143. The molecule has 0 aliphatic carbocycles. The summed E-state index contributed by atoms with van der Waals surface area (Å²) in [4.78, 5) is 37.7. The molecule has 3 aromatic carbocycles. The fraction of sp³-hybridized carbons (Fsp3) is 0.233. The van der Waals surface area contributed by atoms with Crippen LogP contribution < -0.4 is 10.4 Å². The average Bonchev–Trinajstić information content (AvgIpc) is 3.21. The number of carbonyl (C=O) groups is 3. The van der Waals surface area contributed by atoms with Gasteiger partial charge in [0.1, 0.15) is 12.3 Å². The quantitative estimate of drug-likeness (QED) is 0.284. The summed E-state index contributed by atoms with van der Waals surface area (Å²) in [5.41, 5.74) is 8.44. The second kappa shape index (κ2) is 11.4. The number of rotatable bonds is 8. The number of phenolic OH excluding ortho intramolecular Hbond substituents is 1. The molecule has 0 saturated carbocycles. The molecule has 1 heterocycles. The number of nitrogens with zero attached hydrogens (tertiary/aromatic N) is 4. The maximum Gasteiger partial charge on any atom is 0.323 e. The number of aryl methyl sites for hydroxylation is 2. The molecule has 0 radical (unpaired) electrons. The number of phenols is 1. The molecule has 1 unspecified atom stereocenters. The van der Waals surface area contributed by atoms with E-state index in [9.17, 15) is 19.5 Å². The van der Waals surface area contributed by atoms with E-state index in [1.54, 1.807) is 56.3 Å². The number of amides is 2. The summed E-state index contributed by atoms with van der Waals surface area (Å²) < 4.78 is 0. The van der Waals surface area contributed by atoms with Crippen molar-refractivity contribution in [2.24, 2.45) is 10.2 Å². The summed E-state index contributed by atoms with van der Waals surface area (Å²) in [7, 11) is 1.45. The Hall–Kier alpha value is -4.99. The van der Waals surface area contributed by atoms with E-state index in [0.29, 0.717) is 33.8 Å². The Balaban J connectivity index is 1.51. The molecule has 4 rings (SSSR count). The van der Waals surface area contributed by atoms with Crippen LogP contribution in [0.4, 0.5) is 11.4 Å². The Morgan fingerprint density at radius 3 is 2.40 bits per heavy atom. The van der Waals surface area contributed by atoms with Crippen molar-refractivity contribution in [1.29, 1.82) is 0 Å². The largest absolute Gasteiger partial charge is 0.505 e. The summed E-state index contributed by atoms with van der Waals surface area (Å²) in [5.74, 6) is -2.35. The number of carbonyl (C=O) groups excluding carboxylic acids is 2. The molecular weight excluding hydrogens is 510 g/mol. The van der Waals surface area contributed by atoms with Gasteiger partial charge in [0.15, 0.2) is 5.71 Å². The molecule has 40 heavy (non-hydrogen) atoms. The molecule has 0 bridgehead atoms. The average molecular weight is 542 g/mol. The summed E-state index contributed by atoms with van der Waals surface area (Å²) in [6.07, 6.45) is 0. The van der Waals surface area contributed by atoms with Crippen LogP contribution in [-0.4, -0.2) is 57.9 Å². The molecule has 0 spiro atoms. The number of para-hydroxylation sites is 1. The Kier molecular flexibility index (Phi) is 7.99. The molecular formula is C30H31N5O5. The van der Waals surface area contributed by atoms with Crippen LogP contribution in [0, 0.1) is 13.8 Å². The lowest BCUT2D eigenvalue weighted by atomic mass is 9.96. The molecule has 2 amide bonds. The minimum atomic E-state index is -1.08. The molecule has 3 aromatic rings.